The molecule has 1 atom stereocenters. The highest BCUT2D eigenvalue weighted by Crippen LogP contribution is 2.14. The van der Waals surface area contributed by atoms with E-state index >= 15 is 0 Å². The summed E-state index contributed by atoms with van der Waals surface area (Å²) in [6.45, 7) is 2.12. The lowest BCUT2D eigenvalue weighted by Crippen LogP contribution is -2.35. The summed E-state index contributed by atoms with van der Waals surface area (Å²) in [7, 11) is 1.89. The molecule has 7 heteroatoms. The summed E-state index contributed by atoms with van der Waals surface area (Å²) >= 11 is 5.97. The van der Waals surface area contributed by atoms with Crippen molar-refractivity contribution in [2.45, 2.75) is 19.0 Å². The number of halogens is 1. The first-order valence-electron chi connectivity index (χ1n) is 7.24. The van der Waals surface area contributed by atoms with E-state index in [1.54, 1.807) is 30.7 Å². The summed E-state index contributed by atoms with van der Waals surface area (Å²) in [6.07, 6.45) is 5.87. The molecule has 1 unspecified atom stereocenters. The second kappa shape index (κ2) is 6.46. The van der Waals surface area contributed by atoms with Crippen molar-refractivity contribution in [1.29, 1.82) is 0 Å². The van der Waals surface area contributed by atoms with E-state index in [0.717, 1.165) is 18.8 Å². The summed E-state index contributed by atoms with van der Waals surface area (Å²) in [4.78, 5) is 22.4. The highest BCUT2D eigenvalue weighted by molar-refractivity contribution is 6.29. The molecule has 0 aromatic carbocycles. The van der Waals surface area contributed by atoms with Crippen LogP contribution < -0.4 is 5.32 Å². The van der Waals surface area contributed by atoms with Crippen LogP contribution in [0.25, 0.3) is 0 Å². The normalized spacial score (nSPS) is 17.9. The first-order valence-corrected chi connectivity index (χ1v) is 7.61. The zero-order chi connectivity index (χ0) is 15.5. The third-order valence-electron chi connectivity index (χ3n) is 3.98. The molecule has 0 bridgehead atoms. The quantitative estimate of drug-likeness (QED) is 0.927. The van der Waals surface area contributed by atoms with Gasteiger partial charge in [-0.1, -0.05) is 11.6 Å². The minimum absolute atomic E-state index is 0.0618. The molecule has 116 valence electrons. The molecule has 1 aliphatic heterocycles. The number of rotatable bonds is 4. The average molecular weight is 320 g/mol. The first-order chi connectivity index (χ1) is 10.6. The van der Waals surface area contributed by atoms with Gasteiger partial charge in [-0.05, 0) is 18.6 Å². The molecule has 0 radical (unpaired) electrons. The van der Waals surface area contributed by atoms with Crippen molar-refractivity contribution in [3.05, 3.63) is 47.3 Å². The molecule has 1 amide bonds. The van der Waals surface area contributed by atoms with E-state index in [2.05, 4.69) is 15.3 Å². The molecular formula is C15H18ClN5O. The Morgan fingerprint density at radius 3 is 2.91 bits per heavy atom. The summed E-state index contributed by atoms with van der Waals surface area (Å²) in [5, 5.41) is 4.06. The molecule has 1 aliphatic rings. The fraction of sp³-hybridized carbons (Fsp3) is 0.400. The summed E-state index contributed by atoms with van der Waals surface area (Å²) < 4.78 is 1.85. The Balaban J connectivity index is 1.54. The molecule has 1 saturated heterocycles. The number of carbonyl (C=O) groups excluding carboxylic acids is 1. The highest BCUT2D eigenvalue weighted by atomic mass is 35.5. The maximum atomic E-state index is 12.4. The van der Waals surface area contributed by atoms with E-state index < -0.39 is 0 Å². The molecule has 0 spiro atoms. The Bertz CT molecular complexity index is 657. The topological polar surface area (TPSA) is 63.1 Å². The van der Waals surface area contributed by atoms with Crippen LogP contribution in [0.2, 0.25) is 5.15 Å². The number of hydrogen-bond donors (Lipinski definition) is 1. The van der Waals surface area contributed by atoms with Gasteiger partial charge in [-0.3, -0.25) is 9.78 Å². The molecule has 6 nitrogen and oxygen atoms in total. The Hall–Kier alpha value is -1.92. The van der Waals surface area contributed by atoms with Crippen LogP contribution in [0.1, 0.15) is 22.6 Å². The maximum absolute atomic E-state index is 12.4. The standard InChI is InChI=1S/C15H18ClN5O/c1-20-13(16)8-19-14(20)9-18-12-4-7-21(10-12)15(22)11-2-5-17-6-3-11/h2-3,5-6,8,12,18H,4,7,9-10H2,1H3. The van der Waals surface area contributed by atoms with Gasteiger partial charge in [-0.15, -0.1) is 0 Å². The fourth-order valence-corrected chi connectivity index (χ4v) is 2.76. The molecule has 1 N–H and O–H groups in total. The van der Waals surface area contributed by atoms with Gasteiger partial charge in [0.25, 0.3) is 5.91 Å². The van der Waals surface area contributed by atoms with E-state index in [1.165, 1.54) is 0 Å². The van der Waals surface area contributed by atoms with Crippen LogP contribution in [0.15, 0.2) is 30.7 Å². The molecule has 0 aliphatic carbocycles. The Kier molecular flexibility index (Phi) is 4.40. The number of imidazole rings is 1. The van der Waals surface area contributed by atoms with Crippen LogP contribution in [0.3, 0.4) is 0 Å². The second-order valence-electron chi connectivity index (χ2n) is 5.41. The minimum Gasteiger partial charge on any atom is -0.337 e. The van der Waals surface area contributed by atoms with Gasteiger partial charge in [0.2, 0.25) is 0 Å². The van der Waals surface area contributed by atoms with Crippen molar-refractivity contribution in [2.24, 2.45) is 7.05 Å². The van der Waals surface area contributed by atoms with Gasteiger partial charge in [0, 0.05) is 44.1 Å². The third kappa shape index (κ3) is 3.13. The number of nitrogens with zero attached hydrogens (tertiary/aromatic N) is 4. The minimum atomic E-state index is 0.0618. The van der Waals surface area contributed by atoms with Gasteiger partial charge < -0.3 is 14.8 Å². The molecule has 3 heterocycles. The average Bonchev–Trinajstić information content (AvgIpc) is 3.14. The molecule has 1 fully saturated rings. The van der Waals surface area contributed by atoms with Gasteiger partial charge in [0.05, 0.1) is 12.7 Å². The molecule has 3 rings (SSSR count). The molecule has 2 aromatic heterocycles. The molecule has 2 aromatic rings. The summed E-state index contributed by atoms with van der Waals surface area (Å²) in [5.41, 5.74) is 0.687. The van der Waals surface area contributed by atoms with E-state index in [9.17, 15) is 4.79 Å². The lowest BCUT2D eigenvalue weighted by Gasteiger charge is -2.17. The monoisotopic (exact) mass is 319 g/mol. The van der Waals surface area contributed by atoms with Crippen LogP contribution >= 0.6 is 11.6 Å². The molecular weight excluding hydrogens is 302 g/mol. The number of pyridine rings is 1. The Labute approximate surface area is 134 Å². The SMILES string of the molecule is Cn1c(Cl)cnc1CNC1CCN(C(=O)c2ccncc2)C1. The van der Waals surface area contributed by atoms with E-state index in [1.807, 2.05) is 16.5 Å². The number of carbonyl (C=O) groups is 1. The molecule has 22 heavy (non-hydrogen) atoms. The van der Waals surface area contributed by atoms with Gasteiger partial charge in [-0.2, -0.15) is 0 Å². The van der Waals surface area contributed by atoms with Crippen molar-refractivity contribution >= 4 is 17.5 Å². The Morgan fingerprint density at radius 1 is 1.45 bits per heavy atom. The van der Waals surface area contributed by atoms with E-state index in [0.29, 0.717) is 23.8 Å². The number of likely N-dealkylation sites (tertiary alicyclic amines) is 1. The lowest BCUT2D eigenvalue weighted by atomic mass is 10.2. The van der Waals surface area contributed by atoms with Crippen molar-refractivity contribution in [2.75, 3.05) is 13.1 Å². The maximum Gasteiger partial charge on any atom is 0.254 e. The van der Waals surface area contributed by atoms with Gasteiger partial charge in [0.15, 0.2) is 0 Å². The van der Waals surface area contributed by atoms with Crippen LogP contribution in [0, 0.1) is 0 Å². The van der Waals surface area contributed by atoms with Crippen LogP contribution in [0.4, 0.5) is 0 Å². The third-order valence-corrected chi connectivity index (χ3v) is 4.33. The van der Waals surface area contributed by atoms with Crippen molar-refractivity contribution in [3.8, 4) is 0 Å². The highest BCUT2D eigenvalue weighted by Gasteiger charge is 2.26. The first kappa shape index (κ1) is 15.0. The van der Waals surface area contributed by atoms with Gasteiger partial charge in [0.1, 0.15) is 11.0 Å². The van der Waals surface area contributed by atoms with Crippen molar-refractivity contribution in [3.63, 3.8) is 0 Å². The van der Waals surface area contributed by atoms with Crippen LogP contribution in [-0.2, 0) is 13.6 Å². The fourth-order valence-electron chi connectivity index (χ4n) is 2.61. The number of nitrogens with one attached hydrogen (secondary N) is 1. The molecule has 0 saturated carbocycles. The van der Waals surface area contributed by atoms with Crippen molar-refractivity contribution < 1.29 is 4.79 Å². The predicted molar refractivity (Wildman–Crippen MR) is 83.6 cm³/mol. The number of aromatic nitrogens is 3. The number of amides is 1. The smallest absolute Gasteiger partial charge is 0.254 e. The summed E-state index contributed by atoms with van der Waals surface area (Å²) in [5.74, 6) is 0.954. The summed E-state index contributed by atoms with van der Waals surface area (Å²) in [6, 6.07) is 3.78. The van der Waals surface area contributed by atoms with E-state index in [-0.39, 0.29) is 11.9 Å². The zero-order valence-electron chi connectivity index (χ0n) is 12.4. The Morgan fingerprint density at radius 2 is 2.23 bits per heavy atom. The predicted octanol–water partition coefficient (Wildman–Crippen LogP) is 1.47. The van der Waals surface area contributed by atoms with Gasteiger partial charge in [-0.25, -0.2) is 4.98 Å². The second-order valence-corrected chi connectivity index (χ2v) is 5.80. The number of hydrogen-bond acceptors (Lipinski definition) is 4. The van der Waals surface area contributed by atoms with E-state index in [4.69, 9.17) is 11.6 Å². The van der Waals surface area contributed by atoms with Crippen LogP contribution in [-0.4, -0.2) is 44.5 Å². The largest absolute Gasteiger partial charge is 0.337 e. The van der Waals surface area contributed by atoms with Crippen LogP contribution in [0.5, 0.6) is 0 Å². The zero-order valence-corrected chi connectivity index (χ0v) is 13.1. The van der Waals surface area contributed by atoms with Gasteiger partial charge >= 0.3 is 0 Å². The van der Waals surface area contributed by atoms with Crippen molar-refractivity contribution in [1.82, 2.24) is 24.8 Å². The lowest BCUT2D eigenvalue weighted by molar-refractivity contribution is 0.0789.